The first-order chi connectivity index (χ1) is 19.7. The first kappa shape index (κ1) is 27.5. The molecule has 1 aromatic carbocycles. The maximum atomic E-state index is 14.5. The van der Waals surface area contributed by atoms with Crippen LogP contribution >= 0.6 is 0 Å². The van der Waals surface area contributed by atoms with Gasteiger partial charge in [0.05, 0.1) is 12.2 Å². The van der Waals surface area contributed by atoms with Gasteiger partial charge in [0.25, 0.3) is 0 Å². The van der Waals surface area contributed by atoms with Crippen molar-refractivity contribution in [3.8, 4) is 5.75 Å². The number of aryl methyl sites for hydroxylation is 1. The van der Waals surface area contributed by atoms with Crippen LogP contribution < -0.4 is 4.74 Å². The van der Waals surface area contributed by atoms with Crippen LogP contribution in [-0.2, 0) is 31.9 Å². The summed E-state index contributed by atoms with van der Waals surface area (Å²) in [6.07, 6.45) is 13.0. The first-order valence-electron chi connectivity index (χ1n) is 15.9. The second kappa shape index (κ2) is 9.89. The molecule has 4 fully saturated rings. The molecule has 5 aliphatic carbocycles. The molecule has 220 valence electrons. The Morgan fingerprint density at radius 1 is 1.17 bits per heavy atom. The van der Waals surface area contributed by atoms with Gasteiger partial charge in [-0.3, -0.25) is 9.59 Å². The highest BCUT2D eigenvalue weighted by molar-refractivity contribution is 6.01. The van der Waals surface area contributed by atoms with E-state index in [1.54, 1.807) is 12.2 Å². The Bertz CT molecular complexity index is 1310. The van der Waals surface area contributed by atoms with Crippen LogP contribution in [0.25, 0.3) is 0 Å². The zero-order valence-electron chi connectivity index (χ0n) is 24.7. The molecule has 0 aromatic heterocycles. The largest absolute Gasteiger partial charge is 0.485 e. The number of aliphatic hydroxyl groups excluding tert-OH is 1. The van der Waals surface area contributed by atoms with Gasteiger partial charge < -0.3 is 19.3 Å². The number of rotatable bonds is 6. The third-order valence-electron chi connectivity index (χ3n) is 11.9. The van der Waals surface area contributed by atoms with Crippen molar-refractivity contribution in [1.82, 2.24) is 0 Å². The number of Topliss-reactive ketones (excluding diaryl/α,β-unsaturated/α-hetero) is 1. The van der Waals surface area contributed by atoms with E-state index >= 15 is 0 Å². The normalized spacial score (nSPS) is 42.4. The molecule has 3 saturated carbocycles. The molecule has 7 rings (SSSR count). The van der Waals surface area contributed by atoms with Crippen LogP contribution in [0.15, 0.2) is 42.0 Å². The van der Waals surface area contributed by atoms with Crippen LogP contribution in [-0.4, -0.2) is 47.4 Å². The van der Waals surface area contributed by atoms with Crippen LogP contribution in [0.4, 0.5) is 0 Å². The predicted octanol–water partition coefficient (Wildman–Crippen LogP) is 5.68. The molecule has 0 bridgehead atoms. The smallest absolute Gasteiger partial charge is 0.205 e. The number of fused-ring (bicyclic) bond motifs is 8. The van der Waals surface area contributed by atoms with Crippen molar-refractivity contribution in [2.24, 2.45) is 28.6 Å². The molecule has 0 radical (unpaired) electrons. The summed E-state index contributed by atoms with van der Waals surface area (Å²) in [7, 11) is 0. The average Bonchev–Trinajstić information content (AvgIpc) is 3.44. The standard InChI is InChI=1S/C35H44O6/c1-4-8-31-40-30-18-26-25-14-13-22-17-23(36)15-16-33(22,2)32(25)27(37)19-34(26,3)35(30,41-31)29(38)20-39-28-12-7-10-21-9-5-6-11-24(21)28/h7,10,12,15-17,25-27,30-32,37H,4-6,8-9,11,13-14,18-20H2,1-3H3/t25?,26?,27-,30+,31?,32?,33?,34?,35+/m0/s1. The summed E-state index contributed by atoms with van der Waals surface area (Å²) < 4.78 is 19.7. The molecule has 0 spiro atoms. The maximum absolute atomic E-state index is 14.5. The summed E-state index contributed by atoms with van der Waals surface area (Å²) in [5.74, 6) is 1.16. The molecule has 1 heterocycles. The van der Waals surface area contributed by atoms with Crippen molar-refractivity contribution in [1.29, 1.82) is 0 Å². The molecule has 9 atom stereocenters. The number of ether oxygens (including phenoxy) is 3. The molecule has 6 unspecified atom stereocenters. The molecule has 1 N–H and O–H groups in total. The molecule has 0 amide bonds. The number of allylic oxidation sites excluding steroid dienone is 4. The van der Waals surface area contributed by atoms with E-state index in [9.17, 15) is 14.7 Å². The van der Waals surface area contributed by atoms with Crippen LogP contribution in [0.3, 0.4) is 0 Å². The molecule has 1 aromatic rings. The fraction of sp³-hybridized carbons (Fsp3) is 0.657. The van der Waals surface area contributed by atoms with Crippen molar-refractivity contribution in [3.05, 3.63) is 53.1 Å². The van der Waals surface area contributed by atoms with Crippen molar-refractivity contribution in [2.45, 2.75) is 109 Å². The quantitative estimate of drug-likeness (QED) is 0.482. The van der Waals surface area contributed by atoms with E-state index in [1.165, 1.54) is 17.5 Å². The Morgan fingerprint density at radius 2 is 2.00 bits per heavy atom. The zero-order valence-corrected chi connectivity index (χ0v) is 24.7. The van der Waals surface area contributed by atoms with E-state index in [0.29, 0.717) is 6.42 Å². The van der Waals surface area contributed by atoms with Gasteiger partial charge in [0, 0.05) is 16.7 Å². The lowest BCUT2D eigenvalue weighted by molar-refractivity contribution is -0.200. The number of benzene rings is 1. The van der Waals surface area contributed by atoms with E-state index < -0.39 is 23.4 Å². The lowest BCUT2D eigenvalue weighted by atomic mass is 9.46. The van der Waals surface area contributed by atoms with Crippen molar-refractivity contribution in [2.75, 3.05) is 6.61 Å². The molecular formula is C35H44O6. The van der Waals surface area contributed by atoms with Gasteiger partial charge in [0.2, 0.25) is 5.78 Å². The molecular weight excluding hydrogens is 516 g/mol. The van der Waals surface area contributed by atoms with Crippen LogP contribution in [0.2, 0.25) is 0 Å². The number of ketones is 2. The van der Waals surface area contributed by atoms with Crippen LogP contribution in [0.1, 0.15) is 83.3 Å². The Balaban J connectivity index is 1.22. The molecule has 1 saturated heterocycles. The third kappa shape index (κ3) is 3.93. The Morgan fingerprint density at radius 3 is 2.83 bits per heavy atom. The summed E-state index contributed by atoms with van der Waals surface area (Å²) in [6.45, 7) is 6.40. The van der Waals surface area contributed by atoms with Crippen molar-refractivity contribution < 1.29 is 28.9 Å². The van der Waals surface area contributed by atoms with Gasteiger partial charge in [-0.15, -0.1) is 0 Å². The van der Waals surface area contributed by atoms with Gasteiger partial charge >= 0.3 is 0 Å². The van der Waals surface area contributed by atoms with Gasteiger partial charge in [-0.05, 0) is 99.0 Å². The Hall–Kier alpha value is -2.28. The minimum Gasteiger partial charge on any atom is -0.485 e. The molecule has 6 heteroatoms. The fourth-order valence-electron chi connectivity index (χ4n) is 10.1. The van der Waals surface area contributed by atoms with E-state index in [1.807, 2.05) is 18.2 Å². The fourth-order valence-corrected chi connectivity index (χ4v) is 10.1. The van der Waals surface area contributed by atoms with Gasteiger partial charge in [-0.2, -0.15) is 0 Å². The second-order valence-electron chi connectivity index (χ2n) is 14.0. The predicted molar refractivity (Wildman–Crippen MR) is 154 cm³/mol. The number of carbonyl (C=O) groups excluding carboxylic acids is 2. The lowest BCUT2D eigenvalue weighted by Crippen LogP contribution is -2.63. The van der Waals surface area contributed by atoms with Gasteiger partial charge in [-0.1, -0.05) is 51.0 Å². The monoisotopic (exact) mass is 560 g/mol. The first-order valence-corrected chi connectivity index (χ1v) is 15.9. The van der Waals surface area contributed by atoms with E-state index in [0.717, 1.165) is 62.7 Å². The highest BCUT2D eigenvalue weighted by Gasteiger charge is 2.75. The summed E-state index contributed by atoms with van der Waals surface area (Å²) in [5, 5.41) is 11.9. The van der Waals surface area contributed by atoms with E-state index in [2.05, 4.69) is 26.8 Å². The Kier molecular flexibility index (Phi) is 6.64. The van der Waals surface area contributed by atoms with Gasteiger partial charge in [0.1, 0.15) is 12.4 Å². The lowest BCUT2D eigenvalue weighted by Gasteiger charge is -2.59. The van der Waals surface area contributed by atoms with E-state index in [4.69, 9.17) is 14.2 Å². The van der Waals surface area contributed by atoms with Gasteiger partial charge in [0.15, 0.2) is 17.7 Å². The summed E-state index contributed by atoms with van der Waals surface area (Å²) in [6, 6.07) is 6.19. The number of hydrogen-bond donors (Lipinski definition) is 1. The molecule has 1 aliphatic heterocycles. The minimum atomic E-state index is -1.15. The minimum absolute atomic E-state index is 0.00515. The average molecular weight is 561 g/mol. The number of carbonyl (C=O) groups is 2. The SMILES string of the molecule is CCCC1O[C@@H]2CC3C4CCC5=CC(=O)C=CC5(C)C4[C@@H](O)CC3(C)[C@]2(C(=O)COc2cccc3c2CCCC3)O1. The van der Waals surface area contributed by atoms with Crippen molar-refractivity contribution in [3.63, 3.8) is 0 Å². The molecule has 6 nitrogen and oxygen atoms in total. The number of hydrogen-bond acceptors (Lipinski definition) is 6. The highest BCUT2D eigenvalue weighted by atomic mass is 16.7. The maximum Gasteiger partial charge on any atom is 0.205 e. The van der Waals surface area contributed by atoms with Gasteiger partial charge in [-0.25, -0.2) is 0 Å². The Labute approximate surface area is 243 Å². The summed E-state index contributed by atoms with van der Waals surface area (Å²) in [5.41, 5.74) is 1.61. The zero-order chi connectivity index (χ0) is 28.6. The summed E-state index contributed by atoms with van der Waals surface area (Å²) in [4.78, 5) is 26.7. The van der Waals surface area contributed by atoms with Crippen LogP contribution in [0, 0.1) is 28.6 Å². The topological polar surface area (TPSA) is 82.1 Å². The van der Waals surface area contributed by atoms with Crippen molar-refractivity contribution >= 4 is 11.6 Å². The van der Waals surface area contributed by atoms with Crippen LogP contribution in [0.5, 0.6) is 5.75 Å². The van der Waals surface area contributed by atoms with E-state index in [-0.39, 0.29) is 47.4 Å². The number of aliphatic hydroxyl groups is 1. The molecule has 41 heavy (non-hydrogen) atoms. The highest BCUT2D eigenvalue weighted by Crippen LogP contribution is 2.69. The summed E-state index contributed by atoms with van der Waals surface area (Å²) >= 11 is 0. The third-order valence-corrected chi connectivity index (χ3v) is 11.9. The molecule has 6 aliphatic rings. The second-order valence-corrected chi connectivity index (χ2v) is 14.0.